The molecule has 0 unspecified atom stereocenters. The van der Waals surface area contributed by atoms with Crippen molar-refractivity contribution in [2.24, 2.45) is 5.10 Å². The smallest absolute Gasteiger partial charge is 0.269 e. The van der Waals surface area contributed by atoms with Crippen LogP contribution in [0.2, 0.25) is 0 Å². The van der Waals surface area contributed by atoms with E-state index in [4.69, 9.17) is 21.4 Å². The van der Waals surface area contributed by atoms with Crippen molar-refractivity contribution in [2.75, 3.05) is 13.7 Å². The van der Waals surface area contributed by atoms with Crippen molar-refractivity contribution in [3.63, 3.8) is 0 Å². The SMILES string of the molecule is COC[C@@H](C)NC(=S)N/N=C\c1ccc(-c2ccc([N+](=O)[O-])cc2)o1. The lowest BCUT2D eigenvalue weighted by Gasteiger charge is -2.13. The highest BCUT2D eigenvalue weighted by molar-refractivity contribution is 7.80. The number of non-ortho nitro benzene ring substituents is 1. The van der Waals surface area contributed by atoms with Gasteiger partial charge in [-0.05, 0) is 43.4 Å². The maximum atomic E-state index is 10.7. The molecule has 8 nitrogen and oxygen atoms in total. The molecule has 0 radical (unpaired) electrons. The number of furan rings is 1. The lowest BCUT2D eigenvalue weighted by molar-refractivity contribution is -0.384. The van der Waals surface area contributed by atoms with Gasteiger partial charge in [0.1, 0.15) is 11.5 Å². The number of thiocarbonyl (C=S) groups is 1. The van der Waals surface area contributed by atoms with Crippen LogP contribution >= 0.6 is 12.2 Å². The summed E-state index contributed by atoms with van der Waals surface area (Å²) in [5.74, 6) is 1.11. The van der Waals surface area contributed by atoms with E-state index in [1.165, 1.54) is 18.3 Å². The van der Waals surface area contributed by atoms with Crippen LogP contribution in [0.15, 0.2) is 45.9 Å². The molecular weight excluding hydrogens is 344 g/mol. The van der Waals surface area contributed by atoms with Gasteiger partial charge in [0, 0.05) is 30.8 Å². The molecule has 1 aromatic heterocycles. The number of methoxy groups -OCH3 is 1. The van der Waals surface area contributed by atoms with Gasteiger partial charge < -0.3 is 14.5 Å². The molecule has 0 spiro atoms. The minimum atomic E-state index is -0.444. The Hall–Kier alpha value is -2.78. The predicted octanol–water partition coefficient (Wildman–Crippen LogP) is 2.69. The third kappa shape index (κ3) is 5.66. The van der Waals surface area contributed by atoms with Gasteiger partial charge in [0.05, 0.1) is 17.7 Å². The fourth-order valence-electron chi connectivity index (χ4n) is 2.03. The van der Waals surface area contributed by atoms with E-state index in [1.54, 1.807) is 31.4 Å². The zero-order valence-electron chi connectivity index (χ0n) is 13.8. The molecule has 9 heteroatoms. The van der Waals surface area contributed by atoms with Crippen LogP contribution < -0.4 is 10.7 Å². The molecule has 1 aromatic carbocycles. The number of benzene rings is 1. The van der Waals surface area contributed by atoms with Gasteiger partial charge in [0.15, 0.2) is 5.11 Å². The molecule has 25 heavy (non-hydrogen) atoms. The van der Waals surface area contributed by atoms with Gasteiger partial charge in [0.25, 0.3) is 5.69 Å². The summed E-state index contributed by atoms with van der Waals surface area (Å²) in [6, 6.07) is 9.69. The van der Waals surface area contributed by atoms with Gasteiger partial charge in [0.2, 0.25) is 0 Å². The molecule has 0 aliphatic rings. The molecule has 0 fully saturated rings. The van der Waals surface area contributed by atoms with Crippen LogP contribution in [0, 0.1) is 10.1 Å². The summed E-state index contributed by atoms with van der Waals surface area (Å²) in [7, 11) is 1.62. The second kappa shape index (κ2) is 8.90. The molecule has 132 valence electrons. The van der Waals surface area contributed by atoms with Crippen molar-refractivity contribution >= 4 is 29.2 Å². The Labute approximate surface area is 150 Å². The van der Waals surface area contributed by atoms with E-state index in [0.29, 0.717) is 23.2 Å². The second-order valence-electron chi connectivity index (χ2n) is 5.21. The monoisotopic (exact) mass is 362 g/mol. The van der Waals surface area contributed by atoms with E-state index in [1.807, 2.05) is 6.92 Å². The summed E-state index contributed by atoms with van der Waals surface area (Å²) in [5, 5.41) is 18.0. The number of nitrogens with zero attached hydrogens (tertiary/aromatic N) is 2. The summed E-state index contributed by atoms with van der Waals surface area (Å²) in [5.41, 5.74) is 3.46. The summed E-state index contributed by atoms with van der Waals surface area (Å²) < 4.78 is 10.6. The van der Waals surface area contributed by atoms with Crippen molar-refractivity contribution < 1.29 is 14.1 Å². The predicted molar refractivity (Wildman–Crippen MR) is 98.6 cm³/mol. The first-order chi connectivity index (χ1) is 12.0. The van der Waals surface area contributed by atoms with E-state index >= 15 is 0 Å². The fourth-order valence-corrected chi connectivity index (χ4v) is 2.28. The second-order valence-corrected chi connectivity index (χ2v) is 5.61. The number of hydrogen-bond donors (Lipinski definition) is 2. The number of nitro groups is 1. The maximum Gasteiger partial charge on any atom is 0.269 e. The Morgan fingerprint density at radius 2 is 2.12 bits per heavy atom. The summed E-state index contributed by atoms with van der Waals surface area (Å²) in [6.45, 7) is 2.46. The first-order valence-electron chi connectivity index (χ1n) is 7.42. The quantitative estimate of drug-likeness (QED) is 0.338. The number of rotatable bonds is 7. The summed E-state index contributed by atoms with van der Waals surface area (Å²) in [4.78, 5) is 10.2. The number of hydrogen-bond acceptors (Lipinski definition) is 6. The average Bonchev–Trinajstić information content (AvgIpc) is 3.04. The Balaban J connectivity index is 1.92. The van der Waals surface area contributed by atoms with Crippen LogP contribution in [0.1, 0.15) is 12.7 Å². The van der Waals surface area contributed by atoms with Crippen LogP contribution in [0.5, 0.6) is 0 Å². The van der Waals surface area contributed by atoms with Crippen LogP contribution in [0.25, 0.3) is 11.3 Å². The molecule has 0 bridgehead atoms. The Morgan fingerprint density at radius 3 is 2.76 bits per heavy atom. The maximum absolute atomic E-state index is 10.7. The molecule has 2 N–H and O–H groups in total. The third-order valence-corrected chi connectivity index (χ3v) is 3.35. The number of hydrazone groups is 1. The van der Waals surface area contributed by atoms with E-state index in [-0.39, 0.29) is 11.7 Å². The molecule has 0 saturated carbocycles. The summed E-state index contributed by atoms with van der Waals surface area (Å²) >= 11 is 5.10. The fraction of sp³-hybridized carbons (Fsp3) is 0.250. The first kappa shape index (κ1) is 18.6. The Morgan fingerprint density at radius 1 is 1.40 bits per heavy atom. The topological polar surface area (TPSA) is 102 Å². The number of ether oxygens (including phenoxy) is 1. The largest absolute Gasteiger partial charge is 0.455 e. The van der Waals surface area contributed by atoms with Crippen molar-refractivity contribution in [1.29, 1.82) is 0 Å². The van der Waals surface area contributed by atoms with Crippen molar-refractivity contribution in [1.82, 2.24) is 10.7 Å². The molecule has 0 aliphatic heterocycles. The zero-order chi connectivity index (χ0) is 18.2. The lowest BCUT2D eigenvalue weighted by Crippen LogP contribution is -2.40. The molecule has 1 atom stereocenters. The molecule has 0 amide bonds. The van der Waals surface area contributed by atoms with Gasteiger partial charge in [-0.1, -0.05) is 0 Å². The summed E-state index contributed by atoms with van der Waals surface area (Å²) in [6.07, 6.45) is 1.49. The molecule has 0 aliphatic carbocycles. The van der Waals surface area contributed by atoms with Crippen LogP contribution in [0.3, 0.4) is 0 Å². The number of nitro benzene ring substituents is 1. The van der Waals surface area contributed by atoms with Gasteiger partial charge in [-0.15, -0.1) is 0 Å². The molecule has 2 aromatic rings. The van der Waals surface area contributed by atoms with E-state index < -0.39 is 4.92 Å². The zero-order valence-corrected chi connectivity index (χ0v) is 14.6. The standard InChI is InChI=1S/C16H18N4O4S/c1-11(10-23-2)18-16(25)19-17-9-14-7-8-15(24-14)12-3-5-13(6-4-12)20(21)22/h3-9,11H,10H2,1-2H3,(H2,18,19,25)/b17-9-/t11-/m1/s1. The number of nitrogens with one attached hydrogen (secondary N) is 2. The van der Waals surface area contributed by atoms with E-state index in [0.717, 1.165) is 5.56 Å². The molecule has 2 rings (SSSR count). The minimum Gasteiger partial charge on any atom is -0.455 e. The minimum absolute atomic E-state index is 0.0324. The van der Waals surface area contributed by atoms with Gasteiger partial charge in [-0.2, -0.15) is 5.10 Å². The highest BCUT2D eigenvalue weighted by atomic mass is 32.1. The van der Waals surface area contributed by atoms with E-state index in [2.05, 4.69) is 15.8 Å². The van der Waals surface area contributed by atoms with E-state index in [9.17, 15) is 10.1 Å². The Kier molecular flexibility index (Phi) is 6.61. The third-order valence-electron chi connectivity index (χ3n) is 3.14. The Bertz CT molecular complexity index is 758. The van der Waals surface area contributed by atoms with Crippen molar-refractivity contribution in [2.45, 2.75) is 13.0 Å². The molecule has 1 heterocycles. The highest BCUT2D eigenvalue weighted by Gasteiger charge is 2.08. The van der Waals surface area contributed by atoms with Crippen LogP contribution in [-0.2, 0) is 4.74 Å². The molecular formula is C16H18N4O4S. The lowest BCUT2D eigenvalue weighted by atomic mass is 10.1. The van der Waals surface area contributed by atoms with Crippen LogP contribution in [-0.4, -0.2) is 36.0 Å². The molecule has 0 saturated heterocycles. The first-order valence-corrected chi connectivity index (χ1v) is 7.83. The van der Waals surface area contributed by atoms with Gasteiger partial charge in [-0.3, -0.25) is 15.5 Å². The van der Waals surface area contributed by atoms with Gasteiger partial charge >= 0.3 is 0 Å². The van der Waals surface area contributed by atoms with Crippen molar-refractivity contribution in [3.8, 4) is 11.3 Å². The highest BCUT2D eigenvalue weighted by Crippen LogP contribution is 2.23. The van der Waals surface area contributed by atoms with Crippen molar-refractivity contribution in [3.05, 3.63) is 52.3 Å². The van der Waals surface area contributed by atoms with Crippen LogP contribution in [0.4, 0.5) is 5.69 Å². The van der Waals surface area contributed by atoms with Gasteiger partial charge in [-0.25, -0.2) is 0 Å². The average molecular weight is 362 g/mol. The normalized spacial score (nSPS) is 12.1.